The molecule has 4 nitrogen and oxygen atoms in total. The van der Waals surface area contributed by atoms with Crippen LogP contribution in [-0.4, -0.2) is 36.4 Å². The minimum atomic E-state index is -4.35. The van der Waals surface area contributed by atoms with E-state index in [1.807, 2.05) is 0 Å². The van der Waals surface area contributed by atoms with Crippen LogP contribution in [-0.2, 0) is 15.7 Å². The van der Waals surface area contributed by atoms with Gasteiger partial charge in [-0.3, -0.25) is 4.79 Å². The lowest BCUT2D eigenvalue weighted by Crippen LogP contribution is -2.47. The second-order valence-corrected chi connectivity index (χ2v) is 6.62. The first-order valence-corrected chi connectivity index (χ1v) is 8.03. The molecule has 1 aliphatic carbocycles. The maximum absolute atomic E-state index is 12.6. The molecule has 0 spiro atoms. The Balaban J connectivity index is 1.52. The highest BCUT2D eigenvalue weighted by Gasteiger charge is 2.44. The van der Waals surface area contributed by atoms with Crippen LogP contribution >= 0.6 is 0 Å². The Labute approximate surface area is 138 Å². The first kappa shape index (κ1) is 17.2. The molecule has 1 aliphatic heterocycles. The summed E-state index contributed by atoms with van der Waals surface area (Å²) < 4.78 is 42.9. The highest BCUT2D eigenvalue weighted by atomic mass is 19.4. The number of halogens is 3. The van der Waals surface area contributed by atoms with Gasteiger partial charge in [0.2, 0.25) is 5.91 Å². The molecule has 7 heteroatoms. The van der Waals surface area contributed by atoms with Crippen LogP contribution in [0.1, 0.15) is 36.3 Å². The molecule has 0 radical (unpaired) electrons. The third-order valence-electron chi connectivity index (χ3n) is 4.81. The van der Waals surface area contributed by atoms with Gasteiger partial charge in [0.1, 0.15) is 0 Å². The van der Waals surface area contributed by atoms with Gasteiger partial charge in [0.05, 0.1) is 11.2 Å². The van der Waals surface area contributed by atoms with Gasteiger partial charge in [-0.1, -0.05) is 12.1 Å². The Morgan fingerprint density at radius 3 is 2.46 bits per heavy atom. The number of carbonyl (C=O) groups is 1. The number of benzene rings is 1. The largest absolute Gasteiger partial charge is 0.416 e. The minimum Gasteiger partial charge on any atom is -0.388 e. The summed E-state index contributed by atoms with van der Waals surface area (Å²) in [7, 11) is 0. The van der Waals surface area contributed by atoms with Gasteiger partial charge in [-0.15, -0.1) is 0 Å². The summed E-state index contributed by atoms with van der Waals surface area (Å²) in [6, 6.07) is 4.97. The van der Waals surface area contributed by atoms with E-state index in [4.69, 9.17) is 4.74 Å². The van der Waals surface area contributed by atoms with Gasteiger partial charge in [0.15, 0.2) is 0 Å². The van der Waals surface area contributed by atoms with Gasteiger partial charge >= 0.3 is 6.18 Å². The summed E-state index contributed by atoms with van der Waals surface area (Å²) in [5.41, 5.74) is -0.866. The van der Waals surface area contributed by atoms with Crippen molar-refractivity contribution in [3.8, 4) is 0 Å². The fraction of sp³-hybridized carbons (Fsp3) is 0.588. The second-order valence-electron chi connectivity index (χ2n) is 6.62. The average Bonchev–Trinajstić information content (AvgIpc) is 3.33. The van der Waals surface area contributed by atoms with Crippen molar-refractivity contribution >= 4 is 5.91 Å². The second kappa shape index (κ2) is 6.37. The Morgan fingerprint density at radius 1 is 1.25 bits per heavy atom. The molecule has 1 amide bonds. The van der Waals surface area contributed by atoms with Crippen molar-refractivity contribution in [2.75, 3.05) is 19.8 Å². The number of aliphatic hydroxyl groups is 1. The number of hydrogen-bond donors (Lipinski definition) is 2. The van der Waals surface area contributed by atoms with E-state index in [-0.39, 0.29) is 24.3 Å². The molecule has 1 heterocycles. The zero-order valence-electron chi connectivity index (χ0n) is 13.1. The van der Waals surface area contributed by atoms with E-state index in [0.29, 0.717) is 32.5 Å². The quantitative estimate of drug-likeness (QED) is 0.883. The normalized spacial score (nSPS) is 26.0. The molecule has 2 aliphatic rings. The molecule has 2 unspecified atom stereocenters. The van der Waals surface area contributed by atoms with Crippen molar-refractivity contribution in [1.29, 1.82) is 0 Å². The fourth-order valence-corrected chi connectivity index (χ4v) is 3.08. The van der Waals surface area contributed by atoms with Gasteiger partial charge in [-0.25, -0.2) is 0 Å². The molecule has 1 aromatic carbocycles. The minimum absolute atomic E-state index is 0.0448. The van der Waals surface area contributed by atoms with Crippen molar-refractivity contribution in [1.82, 2.24) is 5.32 Å². The number of nitrogens with one attached hydrogen (secondary N) is 1. The van der Waals surface area contributed by atoms with Crippen LogP contribution in [0.5, 0.6) is 0 Å². The molecular formula is C17H20F3NO3. The number of alkyl halides is 3. The zero-order chi connectivity index (χ0) is 17.4. The third kappa shape index (κ3) is 3.89. The molecular weight excluding hydrogens is 323 g/mol. The van der Waals surface area contributed by atoms with Gasteiger partial charge in [-0.2, -0.15) is 13.2 Å². The van der Waals surface area contributed by atoms with E-state index in [9.17, 15) is 23.1 Å². The summed E-state index contributed by atoms with van der Waals surface area (Å²) >= 11 is 0. The SMILES string of the molecule is O=C(NCC1(O)CCOCC1)C1CC1c1ccc(C(F)(F)F)cc1. The topological polar surface area (TPSA) is 58.6 Å². The first-order valence-electron chi connectivity index (χ1n) is 8.03. The average molecular weight is 343 g/mol. The molecule has 3 rings (SSSR count). The standard InChI is InChI=1S/C17H20F3NO3/c18-17(19,20)12-3-1-11(2-4-12)13-9-14(13)15(22)21-10-16(23)5-7-24-8-6-16/h1-4,13-14,23H,5-10H2,(H,21,22). The number of carbonyl (C=O) groups excluding carboxylic acids is 1. The Bertz CT molecular complexity index is 594. The van der Waals surface area contributed by atoms with Gasteiger partial charge in [0, 0.05) is 38.5 Å². The summed E-state index contributed by atoms with van der Waals surface area (Å²) in [5, 5.41) is 13.1. The zero-order valence-corrected chi connectivity index (χ0v) is 13.1. The maximum atomic E-state index is 12.6. The predicted molar refractivity (Wildman–Crippen MR) is 80.3 cm³/mol. The van der Waals surface area contributed by atoms with Crippen molar-refractivity contribution in [2.45, 2.75) is 37.0 Å². The molecule has 132 valence electrons. The summed E-state index contributed by atoms with van der Waals surface area (Å²) in [5.74, 6) is -0.429. The lowest BCUT2D eigenvalue weighted by molar-refractivity contribution is -0.137. The first-order chi connectivity index (χ1) is 11.3. The molecule has 0 aromatic heterocycles. The fourth-order valence-electron chi connectivity index (χ4n) is 3.08. The van der Waals surface area contributed by atoms with Crippen LogP contribution in [0, 0.1) is 5.92 Å². The summed E-state index contributed by atoms with van der Waals surface area (Å²) in [6.45, 7) is 1.14. The highest BCUT2D eigenvalue weighted by Crippen LogP contribution is 2.48. The van der Waals surface area contributed by atoms with E-state index in [2.05, 4.69) is 5.32 Å². The maximum Gasteiger partial charge on any atom is 0.416 e. The van der Waals surface area contributed by atoms with Crippen molar-refractivity contribution < 1.29 is 27.8 Å². The Morgan fingerprint density at radius 2 is 1.88 bits per heavy atom. The number of rotatable bonds is 4. The molecule has 1 saturated heterocycles. The number of amides is 1. The molecule has 2 atom stereocenters. The molecule has 24 heavy (non-hydrogen) atoms. The van der Waals surface area contributed by atoms with Crippen LogP contribution in [0.2, 0.25) is 0 Å². The van der Waals surface area contributed by atoms with E-state index in [0.717, 1.165) is 17.7 Å². The van der Waals surface area contributed by atoms with E-state index in [1.165, 1.54) is 12.1 Å². The van der Waals surface area contributed by atoms with Crippen molar-refractivity contribution in [3.63, 3.8) is 0 Å². The monoisotopic (exact) mass is 343 g/mol. The van der Waals surface area contributed by atoms with Gasteiger partial charge < -0.3 is 15.2 Å². The summed E-state index contributed by atoms with van der Waals surface area (Å²) in [6.07, 6.45) is -2.75. The summed E-state index contributed by atoms with van der Waals surface area (Å²) in [4.78, 5) is 12.2. The molecule has 0 bridgehead atoms. The molecule has 2 N–H and O–H groups in total. The van der Waals surface area contributed by atoms with Crippen LogP contribution in [0.15, 0.2) is 24.3 Å². The van der Waals surface area contributed by atoms with Crippen molar-refractivity contribution in [2.24, 2.45) is 5.92 Å². The smallest absolute Gasteiger partial charge is 0.388 e. The highest BCUT2D eigenvalue weighted by molar-refractivity contribution is 5.83. The Hall–Kier alpha value is -1.60. The lowest BCUT2D eigenvalue weighted by Gasteiger charge is -2.32. The van der Waals surface area contributed by atoms with Crippen LogP contribution in [0.4, 0.5) is 13.2 Å². The van der Waals surface area contributed by atoms with E-state index < -0.39 is 17.3 Å². The van der Waals surface area contributed by atoms with Gasteiger partial charge in [0.25, 0.3) is 0 Å². The third-order valence-corrected chi connectivity index (χ3v) is 4.81. The van der Waals surface area contributed by atoms with Crippen LogP contribution in [0.25, 0.3) is 0 Å². The Kier molecular flexibility index (Phi) is 4.57. The molecule has 2 fully saturated rings. The molecule has 1 saturated carbocycles. The predicted octanol–water partition coefficient (Wildman–Crippen LogP) is 2.47. The van der Waals surface area contributed by atoms with Crippen molar-refractivity contribution in [3.05, 3.63) is 35.4 Å². The van der Waals surface area contributed by atoms with Crippen LogP contribution < -0.4 is 5.32 Å². The van der Waals surface area contributed by atoms with Crippen LogP contribution in [0.3, 0.4) is 0 Å². The lowest BCUT2D eigenvalue weighted by atomic mass is 9.94. The number of hydrogen-bond acceptors (Lipinski definition) is 3. The number of ether oxygens (including phenoxy) is 1. The van der Waals surface area contributed by atoms with E-state index >= 15 is 0 Å². The molecule has 1 aromatic rings. The van der Waals surface area contributed by atoms with E-state index in [1.54, 1.807) is 0 Å². The van der Waals surface area contributed by atoms with Gasteiger partial charge in [-0.05, 0) is 30.0 Å².